The van der Waals surface area contributed by atoms with Gasteiger partial charge < -0.3 is 10.2 Å². The first-order valence-electron chi connectivity index (χ1n) is 5.37. The minimum atomic E-state index is -0.276. The van der Waals surface area contributed by atoms with Gasteiger partial charge in [0.25, 0.3) is 5.91 Å². The van der Waals surface area contributed by atoms with E-state index in [0.29, 0.717) is 16.9 Å². The number of hydrogen-bond donors (Lipinski definition) is 1. The molecule has 0 unspecified atom stereocenters. The topological polar surface area (TPSA) is 32.3 Å². The van der Waals surface area contributed by atoms with Crippen LogP contribution in [0.3, 0.4) is 0 Å². The molecule has 0 aliphatic rings. The number of carbonyl (C=O) groups is 1. The summed E-state index contributed by atoms with van der Waals surface area (Å²) in [7, 11) is 3.59. The fraction of sp³-hybridized carbons (Fsp3) is 0.308. The predicted molar refractivity (Wildman–Crippen MR) is 67.2 cm³/mol. The number of anilines is 1. The monoisotopic (exact) mass is 236 g/mol. The van der Waals surface area contributed by atoms with Crippen LogP contribution in [0.1, 0.15) is 12.5 Å². The number of allylic oxidation sites excluding steroid dienone is 1. The van der Waals surface area contributed by atoms with Crippen molar-refractivity contribution < 1.29 is 9.18 Å². The zero-order valence-electron chi connectivity index (χ0n) is 10.5. The number of rotatable bonds is 3. The highest BCUT2D eigenvalue weighted by Gasteiger charge is 2.11. The van der Waals surface area contributed by atoms with Crippen LogP contribution in [-0.4, -0.2) is 24.9 Å². The van der Waals surface area contributed by atoms with Gasteiger partial charge in [0.15, 0.2) is 0 Å². The molecule has 4 heteroatoms. The van der Waals surface area contributed by atoms with Crippen molar-refractivity contribution in [2.75, 3.05) is 19.4 Å². The van der Waals surface area contributed by atoms with Crippen LogP contribution >= 0.6 is 0 Å². The van der Waals surface area contributed by atoms with Crippen LogP contribution in [-0.2, 0) is 4.79 Å². The van der Waals surface area contributed by atoms with E-state index in [1.54, 1.807) is 51.1 Å². The predicted octanol–water partition coefficient (Wildman–Crippen LogP) is 2.54. The third kappa shape index (κ3) is 3.31. The van der Waals surface area contributed by atoms with Gasteiger partial charge in [0.1, 0.15) is 5.82 Å². The van der Waals surface area contributed by atoms with Crippen molar-refractivity contribution in [3.63, 3.8) is 0 Å². The number of nitrogens with zero attached hydrogens (tertiary/aromatic N) is 1. The van der Waals surface area contributed by atoms with Gasteiger partial charge in [0.05, 0.1) is 5.70 Å². The Morgan fingerprint density at radius 1 is 1.41 bits per heavy atom. The number of nitrogens with one attached hydrogen (secondary N) is 1. The molecule has 0 saturated heterocycles. The Balaban J connectivity index is 2.84. The zero-order valence-corrected chi connectivity index (χ0v) is 10.5. The van der Waals surface area contributed by atoms with Crippen molar-refractivity contribution in [3.8, 4) is 0 Å². The summed E-state index contributed by atoms with van der Waals surface area (Å²) in [6.07, 6.45) is 1.73. The summed E-state index contributed by atoms with van der Waals surface area (Å²) < 4.78 is 13.1. The lowest BCUT2D eigenvalue weighted by Crippen LogP contribution is -2.24. The maximum absolute atomic E-state index is 13.1. The number of amides is 1. The minimum Gasteiger partial charge on any atom is -0.373 e. The molecule has 0 radical (unpaired) electrons. The third-order valence-electron chi connectivity index (χ3n) is 2.40. The number of aryl methyl sites for hydroxylation is 1. The van der Waals surface area contributed by atoms with E-state index in [1.807, 2.05) is 0 Å². The molecule has 1 aromatic rings. The Bertz CT molecular complexity index is 453. The molecular formula is C13H17FN2O. The van der Waals surface area contributed by atoms with Gasteiger partial charge in [-0.15, -0.1) is 0 Å². The number of likely N-dealkylation sites (N-methyl/N-ethyl adjacent to an activating group) is 1. The number of halogens is 1. The van der Waals surface area contributed by atoms with E-state index in [4.69, 9.17) is 0 Å². The molecule has 0 aromatic heterocycles. The first kappa shape index (κ1) is 13.2. The average molecular weight is 236 g/mol. The van der Waals surface area contributed by atoms with Crippen LogP contribution < -0.4 is 5.32 Å². The van der Waals surface area contributed by atoms with Crippen LogP contribution in [0.15, 0.2) is 30.0 Å². The third-order valence-corrected chi connectivity index (χ3v) is 2.40. The molecule has 0 fully saturated rings. The van der Waals surface area contributed by atoms with Crippen molar-refractivity contribution in [2.24, 2.45) is 0 Å². The number of benzene rings is 1. The summed E-state index contributed by atoms with van der Waals surface area (Å²) in [5.74, 6) is -0.481. The molecule has 1 aromatic carbocycles. The van der Waals surface area contributed by atoms with Crippen molar-refractivity contribution in [1.82, 2.24) is 4.90 Å². The van der Waals surface area contributed by atoms with E-state index < -0.39 is 0 Å². The van der Waals surface area contributed by atoms with E-state index >= 15 is 0 Å². The van der Waals surface area contributed by atoms with Gasteiger partial charge in [0, 0.05) is 19.8 Å². The van der Waals surface area contributed by atoms with Gasteiger partial charge in [-0.1, -0.05) is 6.08 Å². The molecule has 0 saturated carbocycles. The zero-order chi connectivity index (χ0) is 13.0. The van der Waals surface area contributed by atoms with E-state index in [-0.39, 0.29) is 11.7 Å². The van der Waals surface area contributed by atoms with Gasteiger partial charge in [-0.25, -0.2) is 4.39 Å². The highest BCUT2D eigenvalue weighted by molar-refractivity contribution is 6.03. The summed E-state index contributed by atoms with van der Waals surface area (Å²) in [6.45, 7) is 3.46. The Morgan fingerprint density at radius 2 is 2.06 bits per heavy atom. The fourth-order valence-electron chi connectivity index (χ4n) is 1.51. The normalized spacial score (nSPS) is 11.2. The number of carbonyl (C=O) groups excluding carboxylic acids is 1. The Labute approximate surface area is 101 Å². The van der Waals surface area contributed by atoms with Crippen molar-refractivity contribution in [2.45, 2.75) is 13.8 Å². The second-order valence-electron chi connectivity index (χ2n) is 3.99. The number of hydrogen-bond acceptors (Lipinski definition) is 2. The summed E-state index contributed by atoms with van der Waals surface area (Å²) >= 11 is 0. The summed E-state index contributed by atoms with van der Waals surface area (Å²) in [5, 5.41) is 2.73. The van der Waals surface area contributed by atoms with Crippen LogP contribution in [0.5, 0.6) is 0 Å². The molecular weight excluding hydrogens is 219 g/mol. The highest BCUT2D eigenvalue weighted by Crippen LogP contribution is 2.14. The van der Waals surface area contributed by atoms with Crippen LogP contribution in [0.2, 0.25) is 0 Å². The molecule has 0 atom stereocenters. The standard InChI is InChI=1S/C13H17FN2O/c1-5-12(16(3)4)13(17)15-10-6-7-11(14)9(2)8-10/h5-8H,1-4H3,(H,15,17)/b12-5-. The molecule has 1 N–H and O–H groups in total. The van der Waals surface area contributed by atoms with Crippen molar-refractivity contribution in [1.29, 1.82) is 0 Å². The minimum absolute atomic E-state index is 0.205. The van der Waals surface area contributed by atoms with E-state index in [2.05, 4.69) is 5.32 Å². The molecule has 1 rings (SSSR count). The highest BCUT2D eigenvalue weighted by atomic mass is 19.1. The molecule has 0 aliphatic heterocycles. The maximum atomic E-state index is 13.1. The van der Waals surface area contributed by atoms with E-state index in [1.165, 1.54) is 6.07 Å². The molecule has 17 heavy (non-hydrogen) atoms. The van der Waals surface area contributed by atoms with Crippen LogP contribution in [0.25, 0.3) is 0 Å². The Morgan fingerprint density at radius 3 is 2.53 bits per heavy atom. The maximum Gasteiger partial charge on any atom is 0.271 e. The summed E-state index contributed by atoms with van der Waals surface area (Å²) in [6, 6.07) is 4.50. The fourth-order valence-corrected chi connectivity index (χ4v) is 1.51. The molecule has 0 heterocycles. The summed E-state index contributed by atoms with van der Waals surface area (Å²) in [5.41, 5.74) is 1.66. The van der Waals surface area contributed by atoms with Gasteiger partial charge in [-0.05, 0) is 37.6 Å². The molecule has 3 nitrogen and oxygen atoms in total. The second-order valence-corrected chi connectivity index (χ2v) is 3.99. The second kappa shape index (κ2) is 5.48. The van der Waals surface area contributed by atoms with Crippen LogP contribution in [0, 0.1) is 12.7 Å². The van der Waals surface area contributed by atoms with Gasteiger partial charge in [-0.2, -0.15) is 0 Å². The summed E-state index contributed by atoms with van der Waals surface area (Å²) in [4.78, 5) is 13.6. The average Bonchev–Trinajstić information content (AvgIpc) is 2.24. The van der Waals surface area contributed by atoms with E-state index in [0.717, 1.165) is 0 Å². The first-order chi connectivity index (χ1) is 7.95. The van der Waals surface area contributed by atoms with Gasteiger partial charge >= 0.3 is 0 Å². The Kier molecular flexibility index (Phi) is 4.26. The Hall–Kier alpha value is -1.84. The SMILES string of the molecule is C/C=C(/C(=O)Nc1ccc(F)c(C)c1)N(C)C. The largest absolute Gasteiger partial charge is 0.373 e. The lowest BCUT2D eigenvalue weighted by Gasteiger charge is -2.16. The molecule has 1 amide bonds. The smallest absolute Gasteiger partial charge is 0.271 e. The first-order valence-corrected chi connectivity index (χ1v) is 5.37. The van der Waals surface area contributed by atoms with Crippen molar-refractivity contribution >= 4 is 11.6 Å². The molecule has 0 spiro atoms. The van der Waals surface area contributed by atoms with Crippen LogP contribution in [0.4, 0.5) is 10.1 Å². The van der Waals surface area contributed by atoms with Gasteiger partial charge in [0.2, 0.25) is 0 Å². The van der Waals surface area contributed by atoms with Gasteiger partial charge in [-0.3, -0.25) is 4.79 Å². The lowest BCUT2D eigenvalue weighted by atomic mass is 10.2. The lowest BCUT2D eigenvalue weighted by molar-refractivity contribution is -0.114. The molecule has 92 valence electrons. The quantitative estimate of drug-likeness (QED) is 0.818. The van der Waals surface area contributed by atoms with E-state index in [9.17, 15) is 9.18 Å². The molecule has 0 bridgehead atoms. The van der Waals surface area contributed by atoms with Crippen molar-refractivity contribution in [3.05, 3.63) is 41.4 Å². The molecule has 0 aliphatic carbocycles.